The second kappa shape index (κ2) is 10.4. The van der Waals surface area contributed by atoms with Crippen molar-refractivity contribution < 1.29 is 18.8 Å². The third-order valence-corrected chi connectivity index (χ3v) is 7.38. The summed E-state index contributed by atoms with van der Waals surface area (Å²) in [4.78, 5) is 45.3. The van der Waals surface area contributed by atoms with Gasteiger partial charge in [-0.05, 0) is 61.0 Å². The number of piperazine rings is 1. The molecule has 1 N–H and O–H groups in total. The van der Waals surface area contributed by atoms with E-state index in [9.17, 15) is 14.4 Å². The third kappa shape index (κ3) is 5.09. The second-order valence-corrected chi connectivity index (χ2v) is 9.72. The van der Waals surface area contributed by atoms with Crippen LogP contribution in [0.2, 0.25) is 0 Å². The van der Waals surface area contributed by atoms with Gasteiger partial charge >= 0.3 is 0 Å². The molecule has 4 heterocycles. The molecule has 5 rings (SSSR count). The lowest BCUT2D eigenvalue weighted by Gasteiger charge is -2.37. The first-order valence-electron chi connectivity index (χ1n) is 12.0. The van der Waals surface area contributed by atoms with Crippen molar-refractivity contribution in [3.8, 4) is 0 Å². The van der Waals surface area contributed by atoms with Gasteiger partial charge in [0.1, 0.15) is 0 Å². The van der Waals surface area contributed by atoms with E-state index in [1.165, 1.54) is 17.6 Å². The maximum atomic E-state index is 13.6. The monoisotopic (exact) mass is 492 g/mol. The maximum Gasteiger partial charge on any atom is 0.289 e. The maximum absolute atomic E-state index is 13.6. The Morgan fingerprint density at radius 2 is 1.60 bits per heavy atom. The highest BCUT2D eigenvalue weighted by molar-refractivity contribution is 7.12. The average Bonchev–Trinajstić information content (AvgIpc) is 3.64. The number of anilines is 2. The van der Waals surface area contributed by atoms with Gasteiger partial charge in [-0.15, -0.1) is 11.3 Å². The van der Waals surface area contributed by atoms with Crippen LogP contribution in [0, 0.1) is 0 Å². The van der Waals surface area contributed by atoms with Crippen molar-refractivity contribution in [3.63, 3.8) is 0 Å². The van der Waals surface area contributed by atoms with Crippen molar-refractivity contribution in [2.45, 2.75) is 19.3 Å². The molecule has 2 aromatic heterocycles. The zero-order valence-electron chi connectivity index (χ0n) is 19.4. The Morgan fingerprint density at radius 1 is 0.829 bits per heavy atom. The molecule has 0 aliphatic carbocycles. The Bertz CT molecular complexity index is 1180. The van der Waals surface area contributed by atoms with Gasteiger partial charge in [0.05, 0.1) is 16.7 Å². The van der Waals surface area contributed by atoms with E-state index >= 15 is 0 Å². The van der Waals surface area contributed by atoms with Gasteiger partial charge in [0.2, 0.25) is 0 Å². The SMILES string of the molecule is O=C(Nc1ccc(N2CCN(C(=O)c3ccco3)CC2)c(C(=O)N2CCCCC2)c1)c1cccs1. The molecule has 2 aliphatic heterocycles. The fraction of sp³-hybridized carbons (Fsp3) is 0.346. The van der Waals surface area contributed by atoms with Crippen molar-refractivity contribution in [2.75, 3.05) is 49.5 Å². The summed E-state index contributed by atoms with van der Waals surface area (Å²) < 4.78 is 5.26. The number of piperidine rings is 1. The molecule has 0 bridgehead atoms. The van der Waals surface area contributed by atoms with E-state index in [0.717, 1.165) is 38.0 Å². The molecule has 0 atom stereocenters. The molecule has 2 saturated heterocycles. The van der Waals surface area contributed by atoms with Gasteiger partial charge < -0.3 is 24.4 Å². The molecule has 9 heteroatoms. The molecule has 1 aromatic carbocycles. The average molecular weight is 493 g/mol. The first-order chi connectivity index (χ1) is 17.1. The minimum absolute atomic E-state index is 0.0129. The summed E-state index contributed by atoms with van der Waals surface area (Å²) in [6.45, 7) is 3.77. The van der Waals surface area contributed by atoms with Gasteiger partial charge in [-0.25, -0.2) is 0 Å². The number of nitrogens with one attached hydrogen (secondary N) is 1. The van der Waals surface area contributed by atoms with E-state index in [2.05, 4.69) is 10.2 Å². The lowest BCUT2D eigenvalue weighted by Crippen LogP contribution is -2.49. The van der Waals surface area contributed by atoms with Crippen LogP contribution in [0.3, 0.4) is 0 Å². The molecule has 0 unspecified atom stereocenters. The zero-order valence-corrected chi connectivity index (χ0v) is 20.3. The molecule has 8 nitrogen and oxygen atoms in total. The summed E-state index contributed by atoms with van der Waals surface area (Å²) >= 11 is 1.38. The normalized spacial score (nSPS) is 16.3. The summed E-state index contributed by atoms with van der Waals surface area (Å²) in [5.74, 6) is 0.0198. The van der Waals surface area contributed by atoms with Crippen LogP contribution in [0.1, 0.15) is 49.8 Å². The highest BCUT2D eigenvalue weighted by atomic mass is 32.1. The van der Waals surface area contributed by atoms with Crippen molar-refractivity contribution in [1.82, 2.24) is 9.80 Å². The molecule has 0 radical (unpaired) electrons. The molecule has 3 amide bonds. The molecular formula is C26H28N4O4S. The number of likely N-dealkylation sites (tertiary alicyclic amines) is 1. The van der Waals surface area contributed by atoms with Crippen LogP contribution in [0.25, 0.3) is 0 Å². The summed E-state index contributed by atoms with van der Waals surface area (Å²) in [5.41, 5.74) is 2.01. The number of hydrogen-bond acceptors (Lipinski definition) is 6. The minimum Gasteiger partial charge on any atom is -0.459 e. The standard InChI is InChI=1S/C26H28N4O4S/c31-24(23-7-5-17-35-23)27-19-8-9-21(20(18-19)25(32)29-10-2-1-3-11-29)28-12-14-30(15-13-28)26(33)22-6-4-16-34-22/h4-9,16-18H,1-3,10-15H2,(H,27,31). The molecule has 0 saturated carbocycles. The lowest BCUT2D eigenvalue weighted by molar-refractivity contribution is 0.0705. The van der Waals surface area contributed by atoms with Crippen molar-refractivity contribution in [2.24, 2.45) is 0 Å². The van der Waals surface area contributed by atoms with Crippen LogP contribution < -0.4 is 10.2 Å². The molecule has 182 valence electrons. The quantitative estimate of drug-likeness (QED) is 0.578. The molecule has 0 spiro atoms. The Morgan fingerprint density at radius 3 is 2.29 bits per heavy atom. The number of furan rings is 1. The summed E-state index contributed by atoms with van der Waals surface area (Å²) in [6, 6.07) is 12.5. The Hall–Kier alpha value is -3.59. The van der Waals surface area contributed by atoms with E-state index in [-0.39, 0.29) is 17.7 Å². The highest BCUT2D eigenvalue weighted by Crippen LogP contribution is 2.29. The van der Waals surface area contributed by atoms with Crippen LogP contribution in [0.5, 0.6) is 0 Å². The van der Waals surface area contributed by atoms with E-state index in [1.54, 1.807) is 29.2 Å². The second-order valence-electron chi connectivity index (χ2n) is 8.77. The number of benzene rings is 1. The Kier molecular flexibility index (Phi) is 6.85. The molecular weight excluding hydrogens is 464 g/mol. The molecule has 2 fully saturated rings. The van der Waals surface area contributed by atoms with Crippen molar-refractivity contribution >= 4 is 40.4 Å². The number of nitrogens with zero attached hydrogens (tertiary/aromatic N) is 3. The van der Waals surface area contributed by atoms with Crippen LogP contribution in [-0.4, -0.2) is 66.8 Å². The van der Waals surface area contributed by atoms with Crippen LogP contribution in [-0.2, 0) is 0 Å². The van der Waals surface area contributed by atoms with Crippen molar-refractivity contribution in [1.29, 1.82) is 0 Å². The number of hydrogen-bond donors (Lipinski definition) is 1. The van der Waals surface area contributed by atoms with Gasteiger partial charge in [-0.3, -0.25) is 14.4 Å². The van der Waals surface area contributed by atoms with Gasteiger partial charge in [-0.2, -0.15) is 0 Å². The number of thiophene rings is 1. The lowest BCUT2D eigenvalue weighted by atomic mass is 10.1. The first kappa shape index (κ1) is 23.2. The van der Waals surface area contributed by atoms with E-state index in [1.807, 2.05) is 28.5 Å². The number of amides is 3. The third-order valence-electron chi connectivity index (χ3n) is 6.51. The number of rotatable bonds is 5. The highest BCUT2D eigenvalue weighted by Gasteiger charge is 2.28. The predicted octanol–water partition coefficient (Wildman–Crippen LogP) is 4.18. The summed E-state index contributed by atoms with van der Waals surface area (Å²) in [6.07, 6.45) is 4.65. The Balaban J connectivity index is 1.36. The number of carbonyl (C=O) groups excluding carboxylic acids is 3. The summed E-state index contributed by atoms with van der Waals surface area (Å²) in [5, 5.41) is 4.79. The minimum atomic E-state index is -0.186. The smallest absolute Gasteiger partial charge is 0.289 e. The van der Waals surface area contributed by atoms with Crippen LogP contribution in [0.4, 0.5) is 11.4 Å². The van der Waals surface area contributed by atoms with Gasteiger partial charge in [-0.1, -0.05) is 6.07 Å². The van der Waals surface area contributed by atoms with Gasteiger partial charge in [0.25, 0.3) is 17.7 Å². The van der Waals surface area contributed by atoms with Gasteiger partial charge in [0, 0.05) is 50.6 Å². The van der Waals surface area contributed by atoms with Crippen LogP contribution in [0.15, 0.2) is 58.5 Å². The topological polar surface area (TPSA) is 86.1 Å². The zero-order chi connectivity index (χ0) is 24.2. The Labute approximate surface area is 208 Å². The molecule has 3 aromatic rings. The van der Waals surface area contributed by atoms with Crippen molar-refractivity contribution in [3.05, 3.63) is 70.3 Å². The van der Waals surface area contributed by atoms with E-state index in [0.29, 0.717) is 48.1 Å². The first-order valence-corrected chi connectivity index (χ1v) is 12.8. The fourth-order valence-corrected chi connectivity index (χ4v) is 5.25. The van der Waals surface area contributed by atoms with Gasteiger partial charge in [0.15, 0.2) is 5.76 Å². The summed E-state index contributed by atoms with van der Waals surface area (Å²) in [7, 11) is 0. The van der Waals surface area contributed by atoms with Crippen LogP contribution >= 0.6 is 11.3 Å². The number of carbonyl (C=O) groups is 3. The molecule has 2 aliphatic rings. The predicted molar refractivity (Wildman–Crippen MR) is 135 cm³/mol. The van der Waals surface area contributed by atoms with E-state index < -0.39 is 0 Å². The fourth-order valence-electron chi connectivity index (χ4n) is 4.64. The molecule has 35 heavy (non-hydrogen) atoms. The largest absolute Gasteiger partial charge is 0.459 e. The van der Waals surface area contributed by atoms with E-state index in [4.69, 9.17) is 4.42 Å².